The van der Waals surface area contributed by atoms with Crippen molar-refractivity contribution in [1.82, 2.24) is 9.80 Å². The number of hydrogen-bond donors (Lipinski definition) is 1. The Bertz CT molecular complexity index is 1120. The van der Waals surface area contributed by atoms with Gasteiger partial charge in [-0.25, -0.2) is 0 Å². The number of hydrogen-bond acceptors (Lipinski definition) is 7. The average Bonchev–Trinajstić information content (AvgIpc) is 3.03. The number of aryl methyl sites for hydroxylation is 1. The Hall–Kier alpha value is -3.72. The predicted octanol–water partition coefficient (Wildman–Crippen LogP) is 3.29. The number of benzene rings is 2. The number of carbonyl (C=O) groups is 2. The summed E-state index contributed by atoms with van der Waals surface area (Å²) in [4.78, 5) is 40.2. The first-order valence-corrected chi connectivity index (χ1v) is 10.5. The molecule has 9 nitrogen and oxygen atoms in total. The summed E-state index contributed by atoms with van der Waals surface area (Å²) in [5.74, 6) is -1.27. The first-order chi connectivity index (χ1) is 15.6. The number of likely N-dealkylation sites (tertiary alicyclic amines) is 1. The summed E-state index contributed by atoms with van der Waals surface area (Å²) in [5, 5.41) is 22.5. The second kappa shape index (κ2) is 9.83. The van der Waals surface area contributed by atoms with Gasteiger partial charge in [0.05, 0.1) is 23.6 Å². The molecule has 0 saturated carbocycles. The van der Waals surface area contributed by atoms with E-state index in [2.05, 4.69) is 0 Å². The largest absolute Gasteiger partial charge is 0.507 e. The zero-order valence-electron chi connectivity index (χ0n) is 19.1. The molecular formula is C24H27N3O6. The van der Waals surface area contributed by atoms with Crippen molar-refractivity contribution in [2.75, 3.05) is 34.3 Å². The third-order valence-corrected chi connectivity index (χ3v) is 5.61. The molecule has 1 N–H and O–H groups in total. The smallest absolute Gasteiger partial charge is 0.295 e. The number of ether oxygens (including phenoxy) is 1. The summed E-state index contributed by atoms with van der Waals surface area (Å²) in [6.45, 7) is 2.74. The van der Waals surface area contributed by atoms with Crippen molar-refractivity contribution in [3.63, 3.8) is 0 Å². The van der Waals surface area contributed by atoms with Crippen molar-refractivity contribution < 1.29 is 24.4 Å². The Labute approximate surface area is 192 Å². The van der Waals surface area contributed by atoms with Crippen molar-refractivity contribution in [2.45, 2.75) is 19.4 Å². The fourth-order valence-corrected chi connectivity index (χ4v) is 4.00. The molecule has 3 rings (SSSR count). The Morgan fingerprint density at radius 3 is 2.55 bits per heavy atom. The molecule has 1 fully saturated rings. The fraction of sp³-hybridized carbons (Fsp3) is 0.333. The van der Waals surface area contributed by atoms with Gasteiger partial charge < -0.3 is 19.6 Å². The maximum Gasteiger partial charge on any atom is 0.295 e. The van der Waals surface area contributed by atoms with Crippen molar-refractivity contribution in [1.29, 1.82) is 0 Å². The van der Waals surface area contributed by atoms with Gasteiger partial charge in [0.1, 0.15) is 11.5 Å². The van der Waals surface area contributed by atoms with Crippen molar-refractivity contribution >= 4 is 23.1 Å². The van der Waals surface area contributed by atoms with Crippen LogP contribution >= 0.6 is 0 Å². The van der Waals surface area contributed by atoms with Crippen LogP contribution in [-0.2, 0) is 9.59 Å². The van der Waals surface area contributed by atoms with Gasteiger partial charge in [-0.2, -0.15) is 0 Å². The number of Topliss-reactive ketones (excluding diaryl/α,β-unsaturated/α-hetero) is 1. The summed E-state index contributed by atoms with van der Waals surface area (Å²) >= 11 is 0. The SMILES string of the molecule is COc1ccc(/C(O)=C2\C(=O)C(=O)N(CCCN(C)C)[C@H]2c2cccc([N+](=O)[O-])c2)cc1C. The summed E-state index contributed by atoms with van der Waals surface area (Å²) in [5.41, 5.74) is 1.24. The molecule has 0 unspecified atom stereocenters. The van der Waals surface area contributed by atoms with Crippen LogP contribution in [0.25, 0.3) is 5.76 Å². The van der Waals surface area contributed by atoms with Crippen LogP contribution in [0, 0.1) is 17.0 Å². The van der Waals surface area contributed by atoms with E-state index < -0.39 is 22.7 Å². The van der Waals surface area contributed by atoms with Gasteiger partial charge in [0.25, 0.3) is 17.4 Å². The van der Waals surface area contributed by atoms with Crippen LogP contribution in [0.5, 0.6) is 5.75 Å². The molecule has 0 radical (unpaired) electrons. The van der Waals surface area contributed by atoms with Crippen molar-refractivity contribution in [2.24, 2.45) is 0 Å². The van der Waals surface area contributed by atoms with E-state index in [9.17, 15) is 24.8 Å². The number of aliphatic hydroxyl groups is 1. The van der Waals surface area contributed by atoms with Crippen LogP contribution in [0.3, 0.4) is 0 Å². The van der Waals surface area contributed by atoms with Gasteiger partial charge in [-0.1, -0.05) is 12.1 Å². The minimum atomic E-state index is -0.936. The Morgan fingerprint density at radius 2 is 1.94 bits per heavy atom. The second-order valence-corrected chi connectivity index (χ2v) is 8.19. The van der Waals surface area contributed by atoms with E-state index in [-0.39, 0.29) is 23.6 Å². The van der Waals surface area contributed by atoms with E-state index in [1.807, 2.05) is 19.0 Å². The molecule has 33 heavy (non-hydrogen) atoms. The number of rotatable bonds is 8. The highest BCUT2D eigenvalue weighted by atomic mass is 16.6. The van der Waals surface area contributed by atoms with Crippen LogP contribution in [0.4, 0.5) is 5.69 Å². The molecule has 0 spiro atoms. The van der Waals surface area contributed by atoms with E-state index >= 15 is 0 Å². The molecule has 1 saturated heterocycles. The molecule has 0 bridgehead atoms. The van der Waals surface area contributed by atoms with Gasteiger partial charge in [0.15, 0.2) is 0 Å². The van der Waals surface area contributed by atoms with Gasteiger partial charge in [-0.3, -0.25) is 19.7 Å². The number of ketones is 1. The molecule has 1 atom stereocenters. The quantitative estimate of drug-likeness (QED) is 0.215. The molecule has 9 heteroatoms. The highest BCUT2D eigenvalue weighted by Crippen LogP contribution is 2.40. The Balaban J connectivity index is 2.15. The number of nitro benzene ring substituents is 1. The molecular weight excluding hydrogens is 426 g/mol. The molecule has 1 aliphatic rings. The number of non-ortho nitro benzene ring substituents is 1. The zero-order valence-corrected chi connectivity index (χ0v) is 19.1. The lowest BCUT2D eigenvalue weighted by molar-refractivity contribution is -0.384. The lowest BCUT2D eigenvalue weighted by Crippen LogP contribution is -2.32. The van der Waals surface area contributed by atoms with Crippen molar-refractivity contribution in [3.05, 3.63) is 74.8 Å². The first-order valence-electron chi connectivity index (χ1n) is 10.5. The van der Waals surface area contributed by atoms with Crippen LogP contribution in [-0.4, -0.2) is 65.8 Å². The third kappa shape index (κ3) is 4.88. The molecule has 0 aromatic heterocycles. The van der Waals surface area contributed by atoms with Crippen LogP contribution in [0.2, 0.25) is 0 Å². The maximum atomic E-state index is 13.1. The highest BCUT2D eigenvalue weighted by molar-refractivity contribution is 6.46. The summed E-state index contributed by atoms with van der Waals surface area (Å²) in [6.07, 6.45) is 0.590. The van der Waals surface area contributed by atoms with Gasteiger partial charge in [0, 0.05) is 24.2 Å². The topological polar surface area (TPSA) is 113 Å². The average molecular weight is 453 g/mol. The van der Waals surface area contributed by atoms with Gasteiger partial charge in [0.2, 0.25) is 0 Å². The standard InChI is InChI=1S/C24H27N3O6/c1-15-13-17(9-10-19(15)33-4)22(28)20-21(16-7-5-8-18(14-16)27(31)32)26(24(30)23(20)29)12-6-11-25(2)3/h5,7-10,13-14,21,28H,6,11-12H2,1-4H3/b22-20+/t21-/m0/s1. The van der Waals surface area contributed by atoms with Gasteiger partial charge >= 0.3 is 0 Å². The monoisotopic (exact) mass is 453 g/mol. The molecule has 2 aromatic rings. The Morgan fingerprint density at radius 1 is 1.21 bits per heavy atom. The highest BCUT2D eigenvalue weighted by Gasteiger charge is 2.46. The Kier molecular flexibility index (Phi) is 7.13. The fourth-order valence-electron chi connectivity index (χ4n) is 4.00. The van der Waals surface area contributed by atoms with E-state index in [1.165, 1.54) is 30.2 Å². The third-order valence-electron chi connectivity index (χ3n) is 5.61. The van der Waals surface area contributed by atoms with E-state index in [4.69, 9.17) is 4.74 Å². The van der Waals surface area contributed by atoms with Crippen LogP contribution in [0.15, 0.2) is 48.0 Å². The van der Waals surface area contributed by atoms with Gasteiger partial charge in [-0.05, 0) is 63.3 Å². The minimum Gasteiger partial charge on any atom is -0.507 e. The predicted molar refractivity (Wildman–Crippen MR) is 123 cm³/mol. The van der Waals surface area contributed by atoms with Crippen LogP contribution in [0.1, 0.15) is 29.2 Å². The minimum absolute atomic E-state index is 0.0880. The van der Waals surface area contributed by atoms with E-state index in [1.54, 1.807) is 31.2 Å². The molecule has 1 heterocycles. The zero-order chi connectivity index (χ0) is 24.3. The molecule has 1 aliphatic heterocycles. The summed E-state index contributed by atoms with van der Waals surface area (Å²) in [7, 11) is 5.33. The lowest BCUT2D eigenvalue weighted by atomic mass is 9.94. The van der Waals surface area contributed by atoms with Gasteiger partial charge in [-0.15, -0.1) is 0 Å². The molecule has 174 valence electrons. The maximum absolute atomic E-state index is 13.1. The number of nitrogens with zero attached hydrogens (tertiary/aromatic N) is 3. The molecule has 0 aliphatic carbocycles. The number of aliphatic hydroxyl groups excluding tert-OH is 1. The molecule has 1 amide bonds. The summed E-state index contributed by atoms with van der Waals surface area (Å²) < 4.78 is 5.26. The number of methoxy groups -OCH3 is 1. The van der Waals surface area contributed by atoms with E-state index in [0.717, 1.165) is 5.56 Å². The number of carbonyl (C=O) groups excluding carboxylic acids is 2. The van der Waals surface area contributed by atoms with Crippen LogP contribution < -0.4 is 4.74 Å². The number of amides is 1. The second-order valence-electron chi connectivity index (χ2n) is 8.19. The molecule has 2 aromatic carbocycles. The normalized spacial score (nSPS) is 17.6. The number of nitro groups is 1. The summed E-state index contributed by atoms with van der Waals surface area (Å²) in [6, 6.07) is 9.80. The lowest BCUT2D eigenvalue weighted by Gasteiger charge is -2.26. The van der Waals surface area contributed by atoms with E-state index in [0.29, 0.717) is 29.8 Å². The van der Waals surface area contributed by atoms with Crippen molar-refractivity contribution in [3.8, 4) is 5.75 Å². The first kappa shape index (κ1) is 23.9.